The molecule has 134 valence electrons. The number of aryl methyl sites for hydroxylation is 1. The van der Waals surface area contributed by atoms with Gasteiger partial charge >= 0.3 is 6.36 Å². The average Bonchev–Trinajstić information content (AvgIpc) is 2.96. The van der Waals surface area contributed by atoms with Crippen molar-refractivity contribution in [3.05, 3.63) is 34.8 Å². The minimum atomic E-state index is -4.73. The van der Waals surface area contributed by atoms with Gasteiger partial charge in [-0.15, -0.1) is 24.5 Å². The fraction of sp³-hybridized carbons (Fsp3) is 0.375. The van der Waals surface area contributed by atoms with Gasteiger partial charge in [0.2, 0.25) is 0 Å². The third kappa shape index (κ3) is 4.29. The van der Waals surface area contributed by atoms with E-state index in [1.165, 1.54) is 35.6 Å². The number of halogens is 3. The molecule has 0 N–H and O–H groups in total. The SMILES string of the molecule is Cc1nc(-c2ccc(OC(F)(F)F)cc2)sc1C(=O)N1CCOCC1. The molecule has 0 spiro atoms. The largest absolute Gasteiger partial charge is 0.573 e. The van der Waals surface area contributed by atoms with Gasteiger partial charge in [0.25, 0.3) is 5.91 Å². The summed E-state index contributed by atoms with van der Waals surface area (Å²) in [6.45, 7) is 3.84. The predicted molar refractivity (Wildman–Crippen MR) is 85.7 cm³/mol. The molecule has 0 unspecified atom stereocenters. The summed E-state index contributed by atoms with van der Waals surface area (Å²) in [5, 5.41) is 0.577. The monoisotopic (exact) mass is 372 g/mol. The quantitative estimate of drug-likeness (QED) is 0.828. The van der Waals surface area contributed by atoms with Crippen LogP contribution in [0.5, 0.6) is 5.75 Å². The Labute approximate surface area is 146 Å². The second kappa shape index (κ2) is 7.01. The number of ether oxygens (including phenoxy) is 2. The summed E-state index contributed by atoms with van der Waals surface area (Å²) in [5.41, 5.74) is 1.23. The first kappa shape index (κ1) is 17.7. The van der Waals surface area contributed by atoms with Crippen molar-refractivity contribution >= 4 is 17.2 Å². The Balaban J connectivity index is 1.78. The van der Waals surface area contributed by atoms with Gasteiger partial charge in [0.05, 0.1) is 18.9 Å². The molecular weight excluding hydrogens is 357 g/mol. The Hall–Kier alpha value is -2.13. The zero-order valence-electron chi connectivity index (χ0n) is 13.3. The van der Waals surface area contributed by atoms with Gasteiger partial charge in [-0.1, -0.05) is 0 Å². The number of hydrogen-bond acceptors (Lipinski definition) is 5. The van der Waals surface area contributed by atoms with Crippen molar-refractivity contribution in [3.8, 4) is 16.3 Å². The Morgan fingerprint density at radius 1 is 1.24 bits per heavy atom. The number of benzene rings is 1. The molecule has 0 saturated carbocycles. The first-order valence-electron chi connectivity index (χ1n) is 7.54. The molecule has 25 heavy (non-hydrogen) atoms. The number of thiazole rings is 1. The third-order valence-corrected chi connectivity index (χ3v) is 4.82. The van der Waals surface area contributed by atoms with Crippen molar-refractivity contribution < 1.29 is 27.4 Å². The van der Waals surface area contributed by atoms with E-state index < -0.39 is 6.36 Å². The summed E-state index contributed by atoms with van der Waals surface area (Å²) >= 11 is 1.23. The van der Waals surface area contributed by atoms with Gasteiger partial charge in [0.15, 0.2) is 0 Å². The second-order valence-corrected chi connectivity index (χ2v) is 6.41. The Morgan fingerprint density at radius 2 is 1.88 bits per heavy atom. The lowest BCUT2D eigenvalue weighted by molar-refractivity contribution is -0.274. The number of aromatic nitrogens is 1. The van der Waals surface area contributed by atoms with Gasteiger partial charge in [0.1, 0.15) is 15.6 Å². The van der Waals surface area contributed by atoms with E-state index in [9.17, 15) is 18.0 Å². The first-order valence-corrected chi connectivity index (χ1v) is 8.36. The molecule has 1 saturated heterocycles. The van der Waals surface area contributed by atoms with Gasteiger partial charge in [0, 0.05) is 18.7 Å². The maximum Gasteiger partial charge on any atom is 0.573 e. The Morgan fingerprint density at radius 3 is 2.48 bits per heavy atom. The predicted octanol–water partition coefficient (Wildman–Crippen LogP) is 3.49. The fourth-order valence-corrected chi connectivity index (χ4v) is 3.47. The van der Waals surface area contributed by atoms with Crippen LogP contribution in [0.25, 0.3) is 10.6 Å². The van der Waals surface area contributed by atoms with E-state index in [1.807, 2.05) is 0 Å². The van der Waals surface area contributed by atoms with Crippen LogP contribution in [-0.4, -0.2) is 48.5 Å². The molecule has 0 aliphatic carbocycles. The van der Waals surface area contributed by atoms with E-state index >= 15 is 0 Å². The van der Waals surface area contributed by atoms with Crippen molar-refractivity contribution in [2.24, 2.45) is 0 Å². The number of hydrogen-bond donors (Lipinski definition) is 0. The highest BCUT2D eigenvalue weighted by atomic mass is 32.1. The maximum atomic E-state index is 12.6. The molecule has 0 radical (unpaired) electrons. The van der Waals surface area contributed by atoms with Crippen LogP contribution in [0.1, 0.15) is 15.4 Å². The van der Waals surface area contributed by atoms with E-state index in [-0.39, 0.29) is 11.7 Å². The number of carbonyl (C=O) groups excluding carboxylic acids is 1. The van der Waals surface area contributed by atoms with Crippen LogP contribution in [0, 0.1) is 6.92 Å². The molecule has 9 heteroatoms. The number of rotatable bonds is 3. The lowest BCUT2D eigenvalue weighted by atomic mass is 10.2. The van der Waals surface area contributed by atoms with E-state index in [1.54, 1.807) is 11.8 Å². The molecular formula is C16H15F3N2O3S. The molecule has 1 aromatic carbocycles. The molecule has 1 aliphatic rings. The van der Waals surface area contributed by atoms with Crippen LogP contribution < -0.4 is 4.74 Å². The lowest BCUT2D eigenvalue weighted by Crippen LogP contribution is -2.40. The molecule has 1 fully saturated rings. The molecule has 1 aliphatic heterocycles. The highest BCUT2D eigenvalue weighted by Crippen LogP contribution is 2.31. The zero-order chi connectivity index (χ0) is 18.0. The van der Waals surface area contributed by atoms with E-state index in [2.05, 4.69) is 9.72 Å². The standard InChI is InChI=1S/C16H15F3N2O3S/c1-10-13(15(22)21-6-8-23-9-7-21)25-14(20-10)11-2-4-12(5-3-11)24-16(17,18)19/h2-5H,6-9H2,1H3. The van der Waals surface area contributed by atoms with Crippen molar-refractivity contribution in [2.45, 2.75) is 13.3 Å². The maximum absolute atomic E-state index is 12.6. The Bertz CT molecular complexity index is 753. The van der Waals surface area contributed by atoms with Gasteiger partial charge in [-0.25, -0.2) is 4.98 Å². The van der Waals surface area contributed by atoms with Gasteiger partial charge < -0.3 is 14.4 Å². The molecule has 1 aromatic heterocycles. The van der Waals surface area contributed by atoms with Crippen molar-refractivity contribution in [3.63, 3.8) is 0 Å². The van der Waals surface area contributed by atoms with Gasteiger partial charge in [-0.3, -0.25) is 4.79 Å². The van der Waals surface area contributed by atoms with Crippen molar-refractivity contribution in [1.29, 1.82) is 0 Å². The van der Waals surface area contributed by atoms with Crippen LogP contribution in [0.2, 0.25) is 0 Å². The summed E-state index contributed by atoms with van der Waals surface area (Å²) in [6.07, 6.45) is -4.73. The van der Waals surface area contributed by atoms with Crippen LogP contribution in [0.15, 0.2) is 24.3 Å². The van der Waals surface area contributed by atoms with Crippen LogP contribution in [0.4, 0.5) is 13.2 Å². The molecule has 5 nitrogen and oxygen atoms in total. The highest BCUT2D eigenvalue weighted by Gasteiger charge is 2.31. The van der Waals surface area contributed by atoms with Crippen molar-refractivity contribution in [2.75, 3.05) is 26.3 Å². The number of nitrogens with zero attached hydrogens (tertiary/aromatic N) is 2. The molecule has 2 heterocycles. The molecule has 0 atom stereocenters. The van der Waals surface area contributed by atoms with Gasteiger partial charge in [-0.2, -0.15) is 0 Å². The number of alkyl halides is 3. The second-order valence-electron chi connectivity index (χ2n) is 5.41. The summed E-state index contributed by atoms with van der Waals surface area (Å²) in [6, 6.07) is 5.43. The first-order chi connectivity index (χ1) is 11.8. The molecule has 2 aromatic rings. The van der Waals surface area contributed by atoms with E-state index in [0.717, 1.165) is 0 Å². The lowest BCUT2D eigenvalue weighted by Gasteiger charge is -2.26. The average molecular weight is 372 g/mol. The van der Waals surface area contributed by atoms with Crippen LogP contribution in [0.3, 0.4) is 0 Å². The number of carbonyl (C=O) groups is 1. The zero-order valence-corrected chi connectivity index (χ0v) is 14.1. The summed E-state index contributed by atoms with van der Waals surface area (Å²) in [5.74, 6) is -0.393. The van der Waals surface area contributed by atoms with Gasteiger partial charge in [-0.05, 0) is 31.2 Å². The minimum absolute atomic E-state index is 0.0958. The number of morpholine rings is 1. The van der Waals surface area contributed by atoms with Crippen LogP contribution in [-0.2, 0) is 4.74 Å². The molecule has 0 bridgehead atoms. The highest BCUT2D eigenvalue weighted by molar-refractivity contribution is 7.17. The summed E-state index contributed by atoms with van der Waals surface area (Å²) in [4.78, 5) is 19.2. The van der Waals surface area contributed by atoms with Crippen molar-refractivity contribution in [1.82, 2.24) is 9.88 Å². The molecule has 3 rings (SSSR count). The number of amides is 1. The smallest absolute Gasteiger partial charge is 0.406 e. The summed E-state index contributed by atoms with van der Waals surface area (Å²) in [7, 11) is 0. The fourth-order valence-electron chi connectivity index (χ4n) is 2.43. The molecule has 1 amide bonds. The van der Waals surface area contributed by atoms with Crippen LogP contribution >= 0.6 is 11.3 Å². The Kier molecular flexibility index (Phi) is 4.96. The normalized spacial score (nSPS) is 15.3. The topological polar surface area (TPSA) is 51.7 Å². The van der Waals surface area contributed by atoms with E-state index in [0.29, 0.717) is 47.4 Å². The summed E-state index contributed by atoms with van der Waals surface area (Å²) < 4.78 is 45.7. The van der Waals surface area contributed by atoms with E-state index in [4.69, 9.17) is 4.74 Å². The minimum Gasteiger partial charge on any atom is -0.406 e. The third-order valence-electron chi connectivity index (χ3n) is 3.62.